The Morgan fingerprint density at radius 3 is 2.73 bits per heavy atom. The average Bonchev–Trinajstić information content (AvgIpc) is 2.72. The molecule has 0 aromatic rings. The molecule has 3 aliphatic rings. The van der Waals surface area contributed by atoms with Gasteiger partial charge in [-0.3, -0.25) is 0 Å². The Labute approximate surface area is 92.6 Å². The third kappa shape index (κ3) is 0.982. The minimum atomic E-state index is -0.0413. The van der Waals surface area contributed by atoms with Crippen molar-refractivity contribution in [2.75, 3.05) is 0 Å². The summed E-state index contributed by atoms with van der Waals surface area (Å²) in [4.78, 5) is 0. The van der Waals surface area contributed by atoms with Gasteiger partial charge in [0.05, 0.1) is 6.10 Å². The molecule has 3 saturated carbocycles. The van der Waals surface area contributed by atoms with E-state index in [4.69, 9.17) is 0 Å². The number of fused-ring (bicyclic) bond motifs is 1. The van der Waals surface area contributed by atoms with E-state index < -0.39 is 0 Å². The van der Waals surface area contributed by atoms with Crippen molar-refractivity contribution < 1.29 is 5.11 Å². The van der Waals surface area contributed by atoms with Crippen LogP contribution in [0.15, 0.2) is 12.2 Å². The minimum absolute atomic E-state index is 0.0413. The first kappa shape index (κ1) is 9.89. The van der Waals surface area contributed by atoms with Gasteiger partial charge in [-0.15, -0.1) is 0 Å². The van der Waals surface area contributed by atoms with Crippen molar-refractivity contribution in [2.45, 2.75) is 52.1 Å². The van der Waals surface area contributed by atoms with Crippen LogP contribution in [0.5, 0.6) is 0 Å². The van der Waals surface area contributed by atoms with Crippen molar-refractivity contribution in [3.05, 3.63) is 12.2 Å². The summed E-state index contributed by atoms with van der Waals surface area (Å²) in [5, 5.41) is 10.2. The van der Waals surface area contributed by atoms with Crippen molar-refractivity contribution in [1.82, 2.24) is 0 Å². The van der Waals surface area contributed by atoms with Gasteiger partial charge in [0.15, 0.2) is 0 Å². The fourth-order valence-electron chi connectivity index (χ4n) is 4.71. The topological polar surface area (TPSA) is 20.2 Å². The van der Waals surface area contributed by atoms with Crippen LogP contribution in [0.2, 0.25) is 0 Å². The molecule has 1 nitrogen and oxygen atoms in total. The first-order chi connectivity index (χ1) is 6.98. The maximum Gasteiger partial charge on any atom is 0.0602 e. The third-order valence-electron chi connectivity index (χ3n) is 5.94. The van der Waals surface area contributed by atoms with Gasteiger partial charge in [0.1, 0.15) is 0 Å². The first-order valence-electron chi connectivity index (χ1n) is 6.36. The second-order valence-electron chi connectivity index (χ2n) is 6.57. The molecule has 0 aromatic carbocycles. The maximum atomic E-state index is 10.2. The monoisotopic (exact) mass is 206 g/mol. The fraction of sp³-hybridized carbons (Fsp3) is 0.857. The van der Waals surface area contributed by atoms with Crippen LogP contribution < -0.4 is 0 Å². The molecule has 4 unspecified atom stereocenters. The summed E-state index contributed by atoms with van der Waals surface area (Å²) in [6, 6.07) is 0. The highest BCUT2D eigenvalue weighted by atomic mass is 16.3. The van der Waals surface area contributed by atoms with Gasteiger partial charge in [-0.25, -0.2) is 0 Å². The molecular weight excluding hydrogens is 184 g/mol. The lowest BCUT2D eigenvalue weighted by Gasteiger charge is -2.48. The van der Waals surface area contributed by atoms with Crippen LogP contribution in [0.3, 0.4) is 0 Å². The molecule has 3 fully saturated rings. The first-order valence-corrected chi connectivity index (χ1v) is 6.36. The number of hydrogen-bond acceptors (Lipinski definition) is 1. The van der Waals surface area contributed by atoms with Gasteiger partial charge in [0, 0.05) is 5.41 Å². The van der Waals surface area contributed by atoms with E-state index in [0.29, 0.717) is 11.3 Å². The Bertz CT molecular complexity index is 317. The van der Waals surface area contributed by atoms with Crippen molar-refractivity contribution >= 4 is 0 Å². The predicted octanol–water partition coefficient (Wildman–Crippen LogP) is 3.14. The molecule has 0 aliphatic heterocycles. The van der Waals surface area contributed by atoms with E-state index in [1.54, 1.807) is 0 Å². The maximum absolute atomic E-state index is 10.2. The summed E-state index contributed by atoms with van der Waals surface area (Å²) in [6.07, 6.45) is 5.94. The second kappa shape index (κ2) is 2.68. The highest BCUT2D eigenvalue weighted by molar-refractivity contribution is 5.27. The van der Waals surface area contributed by atoms with E-state index in [1.165, 1.54) is 31.3 Å². The van der Waals surface area contributed by atoms with Crippen LogP contribution >= 0.6 is 0 Å². The van der Waals surface area contributed by atoms with Gasteiger partial charge in [0.2, 0.25) is 0 Å². The zero-order valence-electron chi connectivity index (χ0n) is 9.92. The third-order valence-corrected chi connectivity index (χ3v) is 5.94. The van der Waals surface area contributed by atoms with Crippen LogP contribution in [-0.4, -0.2) is 11.2 Å². The second-order valence-corrected chi connectivity index (χ2v) is 6.57. The van der Waals surface area contributed by atoms with Crippen molar-refractivity contribution in [3.63, 3.8) is 0 Å². The van der Waals surface area contributed by atoms with Gasteiger partial charge in [-0.05, 0) is 49.4 Å². The summed E-state index contributed by atoms with van der Waals surface area (Å²) < 4.78 is 0. The van der Waals surface area contributed by atoms with Crippen LogP contribution in [0.25, 0.3) is 0 Å². The smallest absolute Gasteiger partial charge is 0.0602 e. The fourth-order valence-corrected chi connectivity index (χ4v) is 4.71. The number of aliphatic hydroxyl groups is 1. The Hall–Kier alpha value is -0.300. The van der Waals surface area contributed by atoms with Crippen molar-refractivity contribution in [2.24, 2.45) is 22.7 Å². The van der Waals surface area contributed by atoms with Crippen molar-refractivity contribution in [3.8, 4) is 0 Å². The molecule has 4 atom stereocenters. The van der Waals surface area contributed by atoms with E-state index in [1.807, 2.05) is 0 Å². The van der Waals surface area contributed by atoms with E-state index >= 15 is 0 Å². The number of hydrogen-bond donors (Lipinski definition) is 1. The molecule has 15 heavy (non-hydrogen) atoms. The van der Waals surface area contributed by atoms with Gasteiger partial charge in [-0.2, -0.15) is 0 Å². The molecule has 84 valence electrons. The summed E-state index contributed by atoms with van der Waals surface area (Å²) in [7, 11) is 0. The van der Waals surface area contributed by atoms with Crippen LogP contribution in [-0.2, 0) is 0 Å². The van der Waals surface area contributed by atoms with Crippen LogP contribution in [0.1, 0.15) is 46.0 Å². The number of aliphatic hydroxyl groups excluding tert-OH is 1. The Kier molecular flexibility index (Phi) is 1.77. The minimum Gasteiger partial charge on any atom is -0.393 e. The molecule has 0 heterocycles. The summed E-state index contributed by atoms with van der Waals surface area (Å²) in [5.41, 5.74) is 2.00. The van der Waals surface area contributed by atoms with E-state index in [0.717, 1.165) is 12.3 Å². The Balaban J connectivity index is 2.07. The molecule has 1 N–H and O–H groups in total. The highest BCUT2D eigenvalue weighted by Crippen LogP contribution is 2.68. The number of rotatable bonds is 0. The molecule has 0 saturated heterocycles. The zero-order valence-corrected chi connectivity index (χ0v) is 9.92. The standard InChI is InChI=1S/C14H22O/c1-9-11-4-5-12(15)14(11)7-6-10(8-14)13(9,2)3/h10-12,15H,1,4-8H2,2-3H3. The normalized spacial score (nSPS) is 51.9. The predicted molar refractivity (Wildman–Crippen MR) is 61.4 cm³/mol. The van der Waals surface area contributed by atoms with Gasteiger partial charge in [-0.1, -0.05) is 26.0 Å². The summed E-state index contributed by atoms with van der Waals surface area (Å²) in [6.45, 7) is 9.09. The molecular formula is C14H22O. The lowest BCUT2D eigenvalue weighted by atomic mass is 9.57. The molecule has 0 aromatic heterocycles. The summed E-state index contributed by atoms with van der Waals surface area (Å²) >= 11 is 0. The van der Waals surface area contributed by atoms with E-state index in [-0.39, 0.29) is 11.5 Å². The quantitative estimate of drug-likeness (QED) is 0.604. The molecule has 2 bridgehead atoms. The van der Waals surface area contributed by atoms with Crippen molar-refractivity contribution in [1.29, 1.82) is 0 Å². The Morgan fingerprint density at radius 2 is 2.00 bits per heavy atom. The number of allylic oxidation sites excluding steroid dienone is 1. The lowest BCUT2D eigenvalue weighted by Crippen LogP contribution is -2.42. The zero-order chi connectivity index (χ0) is 10.8. The van der Waals surface area contributed by atoms with Crippen LogP contribution in [0, 0.1) is 22.7 Å². The molecule has 1 heteroatoms. The highest BCUT2D eigenvalue weighted by Gasteiger charge is 2.61. The molecule has 0 radical (unpaired) electrons. The molecule has 1 spiro atoms. The van der Waals surface area contributed by atoms with Crippen LogP contribution in [0.4, 0.5) is 0 Å². The van der Waals surface area contributed by atoms with E-state index in [9.17, 15) is 5.11 Å². The van der Waals surface area contributed by atoms with Gasteiger partial charge >= 0.3 is 0 Å². The SMILES string of the molecule is C=C1C2CCC(O)C23CCC(C3)C1(C)C. The largest absolute Gasteiger partial charge is 0.393 e. The molecule has 3 aliphatic carbocycles. The summed E-state index contributed by atoms with van der Waals surface area (Å²) in [5.74, 6) is 1.38. The van der Waals surface area contributed by atoms with Gasteiger partial charge in [0.25, 0.3) is 0 Å². The molecule has 3 rings (SSSR count). The lowest BCUT2D eigenvalue weighted by molar-refractivity contribution is 0.00891. The molecule has 0 amide bonds. The average molecular weight is 206 g/mol. The van der Waals surface area contributed by atoms with E-state index in [2.05, 4.69) is 20.4 Å². The van der Waals surface area contributed by atoms with Gasteiger partial charge < -0.3 is 5.11 Å². The Morgan fingerprint density at radius 1 is 1.27 bits per heavy atom.